The third-order valence-electron chi connectivity index (χ3n) is 3.81. The molecule has 1 aliphatic rings. The minimum absolute atomic E-state index is 0.0784. The fourth-order valence-corrected chi connectivity index (χ4v) is 3.03. The van der Waals surface area contributed by atoms with Gasteiger partial charge in [0.2, 0.25) is 0 Å². The molecule has 0 aromatic carbocycles. The lowest BCUT2D eigenvalue weighted by atomic mass is 9.79. The second-order valence-electron chi connectivity index (χ2n) is 5.06. The molecule has 2 rings (SSSR count). The van der Waals surface area contributed by atoms with Crippen LogP contribution in [0.3, 0.4) is 0 Å². The van der Waals surface area contributed by atoms with Gasteiger partial charge in [0.05, 0.1) is 0 Å². The number of carbonyl (C=O) groups excluding carboxylic acids is 1. The van der Waals surface area contributed by atoms with Crippen LogP contribution >= 0.6 is 15.9 Å². The van der Waals surface area contributed by atoms with Crippen molar-refractivity contribution in [3.05, 3.63) is 28.5 Å². The van der Waals surface area contributed by atoms with E-state index in [4.69, 9.17) is 0 Å². The zero-order chi connectivity index (χ0) is 13.7. The van der Waals surface area contributed by atoms with Gasteiger partial charge >= 0.3 is 0 Å². The smallest absolute Gasteiger partial charge is 0.251 e. The van der Waals surface area contributed by atoms with E-state index in [2.05, 4.69) is 26.2 Å². The van der Waals surface area contributed by atoms with Gasteiger partial charge in [0.25, 0.3) is 5.91 Å². The highest BCUT2D eigenvalue weighted by Gasteiger charge is 2.24. The molecular weight excluding hydrogens is 308 g/mol. The van der Waals surface area contributed by atoms with Crippen molar-refractivity contribution >= 4 is 21.8 Å². The fourth-order valence-electron chi connectivity index (χ4n) is 2.66. The number of hydrogen-bond acceptors (Lipinski definition) is 3. The van der Waals surface area contributed by atoms with E-state index in [0.717, 1.165) is 12.8 Å². The maximum Gasteiger partial charge on any atom is 0.251 e. The van der Waals surface area contributed by atoms with Gasteiger partial charge in [-0.1, -0.05) is 12.8 Å². The zero-order valence-electron chi connectivity index (χ0n) is 10.8. The van der Waals surface area contributed by atoms with E-state index in [1.165, 1.54) is 12.8 Å². The van der Waals surface area contributed by atoms with E-state index in [9.17, 15) is 9.90 Å². The Morgan fingerprint density at radius 3 is 2.84 bits per heavy atom. The first kappa shape index (κ1) is 14.5. The van der Waals surface area contributed by atoms with Crippen molar-refractivity contribution < 1.29 is 9.90 Å². The summed E-state index contributed by atoms with van der Waals surface area (Å²) < 4.78 is 0.658. The Balaban J connectivity index is 1.89. The Morgan fingerprint density at radius 2 is 2.16 bits per heavy atom. The number of nitrogens with zero attached hydrogens (tertiary/aromatic N) is 1. The molecule has 5 heteroatoms. The van der Waals surface area contributed by atoms with Crippen LogP contribution in [0, 0.1) is 11.8 Å². The predicted molar refractivity (Wildman–Crippen MR) is 76.8 cm³/mol. The van der Waals surface area contributed by atoms with Crippen LogP contribution in [-0.2, 0) is 0 Å². The molecule has 1 aliphatic carbocycles. The third-order valence-corrected chi connectivity index (χ3v) is 4.25. The lowest BCUT2D eigenvalue weighted by Gasteiger charge is -2.30. The summed E-state index contributed by atoms with van der Waals surface area (Å²) in [5.74, 6) is 0.650. The fraction of sp³-hybridized carbons (Fsp3) is 0.571. The van der Waals surface area contributed by atoms with Gasteiger partial charge in [-0.15, -0.1) is 0 Å². The van der Waals surface area contributed by atoms with Crippen LogP contribution in [0.25, 0.3) is 0 Å². The summed E-state index contributed by atoms with van der Waals surface area (Å²) in [4.78, 5) is 16.0. The number of amides is 1. The SMILES string of the molecule is O=C(NCC1CCCCC1CO)c1ccnc(Br)c1. The molecule has 1 amide bonds. The minimum Gasteiger partial charge on any atom is -0.396 e. The van der Waals surface area contributed by atoms with Gasteiger partial charge in [0.1, 0.15) is 4.60 Å². The molecule has 0 aliphatic heterocycles. The number of aliphatic hydroxyl groups excluding tert-OH is 1. The summed E-state index contributed by atoms with van der Waals surface area (Å²) in [5.41, 5.74) is 0.609. The standard InChI is InChI=1S/C14H19BrN2O2/c15-13-7-10(5-6-16-13)14(19)17-8-11-3-1-2-4-12(11)9-18/h5-7,11-12,18H,1-4,8-9H2,(H,17,19). The minimum atomic E-state index is -0.0784. The topological polar surface area (TPSA) is 62.2 Å². The van der Waals surface area contributed by atoms with E-state index >= 15 is 0 Å². The van der Waals surface area contributed by atoms with Crippen molar-refractivity contribution in [2.24, 2.45) is 11.8 Å². The number of aromatic nitrogens is 1. The molecule has 1 heterocycles. The number of nitrogens with one attached hydrogen (secondary N) is 1. The summed E-state index contributed by atoms with van der Waals surface area (Å²) in [7, 11) is 0. The molecule has 4 nitrogen and oxygen atoms in total. The van der Waals surface area contributed by atoms with E-state index < -0.39 is 0 Å². The van der Waals surface area contributed by atoms with Gasteiger partial charge in [-0.05, 0) is 52.7 Å². The molecule has 104 valence electrons. The molecule has 2 unspecified atom stereocenters. The highest BCUT2D eigenvalue weighted by atomic mass is 79.9. The van der Waals surface area contributed by atoms with E-state index in [1.54, 1.807) is 18.3 Å². The lowest BCUT2D eigenvalue weighted by molar-refractivity contribution is 0.0909. The van der Waals surface area contributed by atoms with Gasteiger partial charge in [-0.3, -0.25) is 4.79 Å². The second-order valence-corrected chi connectivity index (χ2v) is 5.88. The quantitative estimate of drug-likeness (QED) is 0.835. The van der Waals surface area contributed by atoms with Crippen LogP contribution in [0.15, 0.2) is 22.9 Å². The Labute approximate surface area is 121 Å². The zero-order valence-corrected chi connectivity index (χ0v) is 12.4. The number of rotatable bonds is 4. The van der Waals surface area contributed by atoms with Crippen LogP contribution in [0.5, 0.6) is 0 Å². The van der Waals surface area contributed by atoms with E-state index in [1.807, 2.05) is 0 Å². The highest BCUT2D eigenvalue weighted by molar-refractivity contribution is 9.10. The molecule has 1 fully saturated rings. The van der Waals surface area contributed by atoms with Gasteiger partial charge in [-0.25, -0.2) is 4.98 Å². The van der Waals surface area contributed by atoms with Crippen molar-refractivity contribution in [2.75, 3.05) is 13.2 Å². The number of pyridine rings is 1. The number of halogens is 1. The normalized spacial score (nSPS) is 23.1. The number of carbonyl (C=O) groups is 1. The maximum atomic E-state index is 12.0. The molecule has 0 saturated heterocycles. The first-order valence-electron chi connectivity index (χ1n) is 6.71. The molecule has 2 N–H and O–H groups in total. The molecular formula is C14H19BrN2O2. The second kappa shape index (κ2) is 7.01. The van der Waals surface area contributed by atoms with Crippen LogP contribution in [0.2, 0.25) is 0 Å². The summed E-state index contributed by atoms with van der Waals surface area (Å²) in [6.45, 7) is 0.866. The van der Waals surface area contributed by atoms with Crippen molar-refractivity contribution in [2.45, 2.75) is 25.7 Å². The lowest BCUT2D eigenvalue weighted by Crippen LogP contribution is -2.35. The summed E-state index contributed by atoms with van der Waals surface area (Å²) in [6.07, 6.45) is 6.14. The van der Waals surface area contributed by atoms with Gasteiger partial charge < -0.3 is 10.4 Å². The largest absolute Gasteiger partial charge is 0.396 e. The van der Waals surface area contributed by atoms with Crippen LogP contribution < -0.4 is 5.32 Å². The molecule has 1 aromatic rings. The Hall–Kier alpha value is -0.940. The first-order valence-corrected chi connectivity index (χ1v) is 7.50. The van der Waals surface area contributed by atoms with Crippen LogP contribution in [0.4, 0.5) is 0 Å². The average molecular weight is 327 g/mol. The Bertz CT molecular complexity index is 439. The molecule has 1 saturated carbocycles. The molecule has 0 spiro atoms. The molecule has 19 heavy (non-hydrogen) atoms. The van der Waals surface area contributed by atoms with Crippen molar-refractivity contribution in [3.63, 3.8) is 0 Å². The Kier molecular flexibility index (Phi) is 5.34. The molecule has 0 radical (unpaired) electrons. The van der Waals surface area contributed by atoms with Crippen LogP contribution in [0.1, 0.15) is 36.0 Å². The maximum absolute atomic E-state index is 12.0. The summed E-state index contributed by atoms with van der Waals surface area (Å²) >= 11 is 3.25. The number of hydrogen-bond donors (Lipinski definition) is 2. The van der Waals surface area contributed by atoms with E-state index in [-0.39, 0.29) is 12.5 Å². The van der Waals surface area contributed by atoms with Crippen molar-refractivity contribution in [3.8, 4) is 0 Å². The first-order chi connectivity index (χ1) is 9.20. The molecule has 2 atom stereocenters. The number of aliphatic hydroxyl groups is 1. The van der Waals surface area contributed by atoms with Crippen molar-refractivity contribution in [1.82, 2.24) is 10.3 Å². The van der Waals surface area contributed by atoms with Crippen molar-refractivity contribution in [1.29, 1.82) is 0 Å². The molecule has 1 aromatic heterocycles. The van der Waals surface area contributed by atoms with Crippen LogP contribution in [-0.4, -0.2) is 29.1 Å². The monoisotopic (exact) mass is 326 g/mol. The van der Waals surface area contributed by atoms with E-state index in [0.29, 0.717) is 28.5 Å². The predicted octanol–water partition coefficient (Wildman–Crippen LogP) is 2.37. The van der Waals surface area contributed by atoms with Gasteiger partial charge in [0, 0.05) is 24.9 Å². The highest BCUT2D eigenvalue weighted by Crippen LogP contribution is 2.29. The van der Waals surface area contributed by atoms with Gasteiger partial charge in [0.15, 0.2) is 0 Å². The summed E-state index contributed by atoms with van der Waals surface area (Å²) in [5, 5.41) is 12.3. The molecule has 0 bridgehead atoms. The Morgan fingerprint density at radius 1 is 1.42 bits per heavy atom. The summed E-state index contributed by atoms with van der Waals surface area (Å²) in [6, 6.07) is 3.41. The third kappa shape index (κ3) is 4.01. The average Bonchev–Trinajstić information content (AvgIpc) is 2.45. The van der Waals surface area contributed by atoms with Gasteiger partial charge in [-0.2, -0.15) is 0 Å².